The second-order valence-electron chi connectivity index (χ2n) is 4.96. The second kappa shape index (κ2) is 6.39. The number of hydrogen-bond acceptors (Lipinski definition) is 4. The fourth-order valence-electron chi connectivity index (χ4n) is 2.23. The van der Waals surface area contributed by atoms with Gasteiger partial charge in [-0.3, -0.25) is 5.10 Å². The zero-order chi connectivity index (χ0) is 16.2. The van der Waals surface area contributed by atoms with E-state index in [0.29, 0.717) is 29.4 Å². The molecule has 0 saturated heterocycles. The normalized spacial score (nSPS) is 10.5. The summed E-state index contributed by atoms with van der Waals surface area (Å²) < 4.78 is 25.1. The molecule has 0 spiro atoms. The molecule has 0 unspecified atom stereocenters. The molecule has 0 radical (unpaired) electrons. The summed E-state index contributed by atoms with van der Waals surface area (Å²) in [5.74, 6) is 1.09. The average Bonchev–Trinajstić information content (AvgIpc) is 2.99. The van der Waals surface area contributed by atoms with Gasteiger partial charge in [-0.2, -0.15) is 5.10 Å². The molecule has 0 aliphatic heterocycles. The van der Waals surface area contributed by atoms with Crippen molar-refractivity contribution in [2.24, 2.45) is 0 Å². The zero-order valence-electron chi connectivity index (χ0n) is 12.5. The smallest absolute Gasteiger partial charge is 0.145 e. The number of anilines is 1. The molecule has 0 atom stereocenters. The minimum Gasteiger partial charge on any atom is -0.497 e. The standard InChI is InChI=1S/C17H16FN3O2/c1-22-12-7-5-11(6-8-12)10-23-15-4-2-3-13(18)17(15)14-9-16(19)21-20-14/h2-9H,10H2,1H3,(H3,19,20,21). The number of nitrogen functional groups attached to an aromatic ring is 1. The van der Waals surface area contributed by atoms with Gasteiger partial charge >= 0.3 is 0 Å². The molecule has 1 heterocycles. The van der Waals surface area contributed by atoms with Crippen molar-refractivity contribution < 1.29 is 13.9 Å². The number of halogens is 1. The first-order chi connectivity index (χ1) is 11.2. The Morgan fingerprint density at radius 3 is 2.61 bits per heavy atom. The highest BCUT2D eigenvalue weighted by Gasteiger charge is 2.14. The van der Waals surface area contributed by atoms with Gasteiger partial charge in [0.05, 0.1) is 18.4 Å². The Kier molecular flexibility index (Phi) is 4.14. The number of hydrogen-bond donors (Lipinski definition) is 2. The maximum absolute atomic E-state index is 14.2. The average molecular weight is 313 g/mol. The highest BCUT2D eigenvalue weighted by atomic mass is 19.1. The number of aromatic nitrogens is 2. The van der Waals surface area contributed by atoms with Gasteiger partial charge in [-0.15, -0.1) is 0 Å². The Morgan fingerprint density at radius 2 is 1.96 bits per heavy atom. The Balaban J connectivity index is 1.83. The van der Waals surface area contributed by atoms with E-state index in [4.69, 9.17) is 15.2 Å². The first-order valence-corrected chi connectivity index (χ1v) is 7.03. The van der Waals surface area contributed by atoms with E-state index >= 15 is 0 Å². The lowest BCUT2D eigenvalue weighted by Gasteiger charge is -2.11. The monoisotopic (exact) mass is 313 g/mol. The number of aromatic amines is 1. The summed E-state index contributed by atoms with van der Waals surface area (Å²) >= 11 is 0. The Morgan fingerprint density at radius 1 is 1.17 bits per heavy atom. The third kappa shape index (κ3) is 3.26. The fourth-order valence-corrected chi connectivity index (χ4v) is 2.23. The van der Waals surface area contributed by atoms with Gasteiger partial charge in [0, 0.05) is 6.07 Å². The van der Waals surface area contributed by atoms with Gasteiger partial charge in [-0.05, 0) is 29.8 Å². The van der Waals surface area contributed by atoms with Gasteiger partial charge in [0.15, 0.2) is 0 Å². The quantitative estimate of drug-likeness (QED) is 0.757. The number of nitrogens with zero attached hydrogens (tertiary/aromatic N) is 1. The molecule has 0 aliphatic rings. The Labute approximate surface area is 132 Å². The van der Waals surface area contributed by atoms with Crippen molar-refractivity contribution in [2.45, 2.75) is 6.61 Å². The summed E-state index contributed by atoms with van der Waals surface area (Å²) in [6, 6.07) is 13.7. The lowest BCUT2D eigenvalue weighted by atomic mass is 10.1. The van der Waals surface area contributed by atoms with E-state index in [2.05, 4.69) is 10.2 Å². The maximum Gasteiger partial charge on any atom is 0.145 e. The van der Waals surface area contributed by atoms with Crippen LogP contribution in [0.1, 0.15) is 5.56 Å². The van der Waals surface area contributed by atoms with Gasteiger partial charge in [-0.25, -0.2) is 4.39 Å². The third-order valence-corrected chi connectivity index (χ3v) is 3.40. The summed E-state index contributed by atoms with van der Waals surface area (Å²) in [6.45, 7) is 0.310. The van der Waals surface area contributed by atoms with Crippen LogP contribution in [0.4, 0.5) is 10.2 Å². The van der Waals surface area contributed by atoms with Crippen LogP contribution in [0.3, 0.4) is 0 Å². The van der Waals surface area contributed by atoms with Crippen LogP contribution in [-0.4, -0.2) is 17.3 Å². The number of benzene rings is 2. The molecular formula is C17H16FN3O2. The summed E-state index contributed by atoms with van der Waals surface area (Å²) in [4.78, 5) is 0. The molecule has 3 N–H and O–H groups in total. The molecular weight excluding hydrogens is 297 g/mol. The van der Waals surface area contributed by atoms with Crippen molar-refractivity contribution in [3.63, 3.8) is 0 Å². The molecule has 5 nitrogen and oxygen atoms in total. The molecule has 6 heteroatoms. The van der Waals surface area contributed by atoms with Crippen LogP contribution >= 0.6 is 0 Å². The lowest BCUT2D eigenvalue weighted by Crippen LogP contribution is -1.99. The molecule has 0 fully saturated rings. The first kappa shape index (κ1) is 14.9. The van der Waals surface area contributed by atoms with E-state index < -0.39 is 5.82 Å². The molecule has 23 heavy (non-hydrogen) atoms. The maximum atomic E-state index is 14.2. The number of methoxy groups -OCH3 is 1. The number of rotatable bonds is 5. The molecule has 0 aliphatic carbocycles. The molecule has 0 saturated carbocycles. The summed E-state index contributed by atoms with van der Waals surface area (Å²) in [5, 5.41) is 6.53. The number of nitrogens with two attached hydrogens (primary N) is 1. The van der Waals surface area contributed by atoms with Gasteiger partial charge < -0.3 is 15.2 Å². The van der Waals surface area contributed by atoms with E-state index in [0.717, 1.165) is 11.3 Å². The highest BCUT2D eigenvalue weighted by Crippen LogP contribution is 2.32. The summed E-state index contributed by atoms with van der Waals surface area (Å²) in [6.07, 6.45) is 0. The summed E-state index contributed by atoms with van der Waals surface area (Å²) in [5.41, 5.74) is 7.33. The van der Waals surface area contributed by atoms with Crippen LogP contribution in [-0.2, 0) is 6.61 Å². The predicted molar refractivity (Wildman–Crippen MR) is 85.7 cm³/mol. The SMILES string of the molecule is COc1ccc(COc2cccc(F)c2-c2cc(N)n[nH]2)cc1. The van der Waals surface area contributed by atoms with Crippen molar-refractivity contribution in [3.05, 3.63) is 59.9 Å². The van der Waals surface area contributed by atoms with E-state index in [1.807, 2.05) is 24.3 Å². The zero-order valence-corrected chi connectivity index (χ0v) is 12.5. The Bertz CT molecular complexity index is 800. The third-order valence-electron chi connectivity index (χ3n) is 3.40. The van der Waals surface area contributed by atoms with Crippen LogP contribution in [0.2, 0.25) is 0 Å². The second-order valence-corrected chi connectivity index (χ2v) is 4.96. The first-order valence-electron chi connectivity index (χ1n) is 7.03. The summed E-state index contributed by atoms with van der Waals surface area (Å²) in [7, 11) is 1.61. The highest BCUT2D eigenvalue weighted by molar-refractivity contribution is 5.69. The molecule has 118 valence electrons. The largest absolute Gasteiger partial charge is 0.497 e. The van der Waals surface area contributed by atoms with Crippen LogP contribution in [0.5, 0.6) is 11.5 Å². The van der Waals surface area contributed by atoms with Gasteiger partial charge in [0.2, 0.25) is 0 Å². The molecule has 1 aromatic heterocycles. The molecule has 3 aromatic rings. The van der Waals surface area contributed by atoms with Crippen molar-refractivity contribution in [1.29, 1.82) is 0 Å². The topological polar surface area (TPSA) is 73.2 Å². The molecule has 2 aromatic carbocycles. The van der Waals surface area contributed by atoms with Crippen LogP contribution < -0.4 is 15.2 Å². The lowest BCUT2D eigenvalue weighted by molar-refractivity contribution is 0.306. The van der Waals surface area contributed by atoms with E-state index in [9.17, 15) is 4.39 Å². The van der Waals surface area contributed by atoms with Crippen molar-refractivity contribution in [3.8, 4) is 22.8 Å². The van der Waals surface area contributed by atoms with E-state index in [-0.39, 0.29) is 0 Å². The van der Waals surface area contributed by atoms with Crippen LogP contribution in [0, 0.1) is 5.82 Å². The van der Waals surface area contributed by atoms with Crippen molar-refractivity contribution >= 4 is 5.82 Å². The van der Waals surface area contributed by atoms with Gasteiger partial charge in [-0.1, -0.05) is 18.2 Å². The predicted octanol–water partition coefficient (Wildman–Crippen LogP) is 3.39. The van der Waals surface area contributed by atoms with Gasteiger partial charge in [0.25, 0.3) is 0 Å². The van der Waals surface area contributed by atoms with Crippen LogP contribution in [0.15, 0.2) is 48.5 Å². The number of nitrogens with one attached hydrogen (secondary N) is 1. The van der Waals surface area contributed by atoms with E-state index in [1.54, 1.807) is 25.3 Å². The Hall–Kier alpha value is -3.02. The fraction of sp³-hybridized carbons (Fsp3) is 0.118. The molecule has 3 rings (SSSR count). The van der Waals surface area contributed by atoms with Gasteiger partial charge in [0.1, 0.15) is 29.7 Å². The van der Waals surface area contributed by atoms with Crippen molar-refractivity contribution in [1.82, 2.24) is 10.2 Å². The minimum absolute atomic E-state index is 0.296. The number of H-pyrrole nitrogens is 1. The molecule has 0 amide bonds. The van der Waals surface area contributed by atoms with Crippen LogP contribution in [0.25, 0.3) is 11.3 Å². The minimum atomic E-state index is -0.402. The molecule has 0 bridgehead atoms. The van der Waals surface area contributed by atoms with Crippen molar-refractivity contribution in [2.75, 3.05) is 12.8 Å². The number of ether oxygens (including phenoxy) is 2. The van der Waals surface area contributed by atoms with E-state index in [1.165, 1.54) is 6.07 Å².